The lowest BCUT2D eigenvalue weighted by Gasteiger charge is -2.30. The summed E-state index contributed by atoms with van der Waals surface area (Å²) in [6.45, 7) is 2.77. The highest BCUT2D eigenvalue weighted by atomic mass is 79.9. The third kappa shape index (κ3) is 4.08. The van der Waals surface area contributed by atoms with Gasteiger partial charge in [-0.25, -0.2) is 0 Å². The smallest absolute Gasteiger partial charge is 0.251 e. The summed E-state index contributed by atoms with van der Waals surface area (Å²) >= 11 is 7.03. The van der Waals surface area contributed by atoms with Gasteiger partial charge in [-0.3, -0.25) is 4.79 Å². The van der Waals surface area contributed by atoms with Crippen LogP contribution in [0.3, 0.4) is 0 Å². The second-order valence-electron chi connectivity index (χ2n) is 5.63. The van der Waals surface area contributed by atoms with Crippen molar-refractivity contribution >= 4 is 37.8 Å². The second-order valence-corrected chi connectivity index (χ2v) is 7.19. The molecule has 110 valence electrons. The molecule has 0 radical (unpaired) electrons. The van der Waals surface area contributed by atoms with Crippen molar-refractivity contribution in [2.75, 3.05) is 11.9 Å². The van der Waals surface area contributed by atoms with Crippen LogP contribution in [-0.2, 0) is 0 Å². The Morgan fingerprint density at radius 2 is 2.00 bits per heavy atom. The van der Waals surface area contributed by atoms with Crippen molar-refractivity contribution in [1.82, 2.24) is 5.32 Å². The molecule has 1 aliphatic rings. The minimum absolute atomic E-state index is 0.0499. The number of benzene rings is 1. The van der Waals surface area contributed by atoms with Gasteiger partial charge in [-0.15, -0.1) is 0 Å². The van der Waals surface area contributed by atoms with Crippen LogP contribution in [0.15, 0.2) is 22.7 Å². The zero-order valence-corrected chi connectivity index (χ0v) is 15.0. The molecule has 0 aromatic heterocycles. The maximum atomic E-state index is 12.3. The van der Waals surface area contributed by atoms with Gasteiger partial charge in [0.05, 0.1) is 0 Å². The lowest BCUT2D eigenvalue weighted by atomic mass is 9.80. The fourth-order valence-corrected chi connectivity index (χ4v) is 4.29. The van der Waals surface area contributed by atoms with Crippen LogP contribution in [0.1, 0.15) is 41.6 Å². The van der Waals surface area contributed by atoms with Crippen LogP contribution >= 0.6 is 31.9 Å². The highest BCUT2D eigenvalue weighted by Crippen LogP contribution is 2.30. The Labute approximate surface area is 138 Å². The largest absolute Gasteiger partial charge is 0.352 e. The number of alkyl halides is 1. The van der Waals surface area contributed by atoms with Crippen LogP contribution in [0.5, 0.6) is 0 Å². The first-order valence-electron chi connectivity index (χ1n) is 7.22. The monoisotopic (exact) mass is 401 g/mol. The van der Waals surface area contributed by atoms with Gasteiger partial charge in [0.15, 0.2) is 0 Å². The molecule has 1 aromatic rings. The molecule has 4 heteroatoms. The van der Waals surface area contributed by atoms with Gasteiger partial charge in [0.1, 0.15) is 0 Å². The number of carbonyl (C=O) groups is 1. The van der Waals surface area contributed by atoms with Crippen molar-refractivity contribution in [2.24, 2.45) is 11.8 Å². The molecule has 0 heterocycles. The molecule has 2 unspecified atom stereocenters. The summed E-state index contributed by atoms with van der Waals surface area (Å²) in [6, 6.07) is 5.79. The van der Waals surface area contributed by atoms with Crippen LogP contribution in [0.4, 0.5) is 0 Å². The number of hydrogen-bond donors (Lipinski definition) is 1. The van der Waals surface area contributed by atoms with Crippen molar-refractivity contribution in [3.8, 4) is 0 Å². The van der Waals surface area contributed by atoms with Gasteiger partial charge >= 0.3 is 0 Å². The van der Waals surface area contributed by atoms with Gasteiger partial charge in [0.2, 0.25) is 0 Å². The molecule has 1 fully saturated rings. The van der Waals surface area contributed by atoms with E-state index in [1.807, 2.05) is 25.1 Å². The van der Waals surface area contributed by atoms with Crippen LogP contribution in [0.25, 0.3) is 0 Å². The molecule has 1 aromatic carbocycles. The van der Waals surface area contributed by atoms with Crippen LogP contribution in [0, 0.1) is 18.8 Å². The Hall–Kier alpha value is -0.350. The van der Waals surface area contributed by atoms with Crippen LogP contribution < -0.4 is 5.32 Å². The summed E-state index contributed by atoms with van der Waals surface area (Å²) in [7, 11) is 0. The molecule has 0 saturated heterocycles. The standard InChI is InChI=1S/C16H21Br2NO/c1-11-8-14(18)6-7-15(11)16(20)19-10-13-5-3-2-4-12(13)9-17/h6-8,12-13H,2-5,9-10H2,1H3,(H,19,20). The number of carbonyl (C=O) groups excluding carboxylic acids is 1. The van der Waals surface area contributed by atoms with E-state index in [0.29, 0.717) is 11.8 Å². The van der Waals surface area contributed by atoms with E-state index in [2.05, 4.69) is 37.2 Å². The Kier molecular flexibility index (Phi) is 6.09. The summed E-state index contributed by atoms with van der Waals surface area (Å²) in [4.78, 5) is 12.3. The van der Waals surface area contributed by atoms with Gasteiger partial charge < -0.3 is 5.32 Å². The van der Waals surface area contributed by atoms with E-state index in [0.717, 1.165) is 27.5 Å². The minimum Gasteiger partial charge on any atom is -0.352 e. The maximum absolute atomic E-state index is 12.3. The summed E-state index contributed by atoms with van der Waals surface area (Å²) in [5.74, 6) is 1.37. The molecule has 1 N–H and O–H groups in total. The fraction of sp³-hybridized carbons (Fsp3) is 0.562. The third-order valence-corrected chi connectivity index (χ3v) is 5.55. The molecule has 20 heavy (non-hydrogen) atoms. The van der Waals surface area contributed by atoms with Crippen molar-refractivity contribution in [3.05, 3.63) is 33.8 Å². The van der Waals surface area contributed by atoms with Gasteiger partial charge in [-0.2, -0.15) is 0 Å². The van der Waals surface area contributed by atoms with Crippen molar-refractivity contribution in [3.63, 3.8) is 0 Å². The second kappa shape index (κ2) is 7.60. The molecule has 0 aliphatic heterocycles. The van der Waals surface area contributed by atoms with Crippen molar-refractivity contribution in [2.45, 2.75) is 32.6 Å². The Balaban J connectivity index is 1.94. The average Bonchev–Trinajstić information content (AvgIpc) is 2.45. The summed E-state index contributed by atoms with van der Waals surface area (Å²) in [5, 5.41) is 4.16. The van der Waals surface area contributed by atoms with E-state index in [4.69, 9.17) is 0 Å². The molecular formula is C16H21Br2NO. The lowest BCUT2D eigenvalue weighted by Crippen LogP contribution is -2.35. The maximum Gasteiger partial charge on any atom is 0.251 e. The minimum atomic E-state index is 0.0499. The van der Waals surface area contributed by atoms with Crippen LogP contribution in [-0.4, -0.2) is 17.8 Å². The molecule has 1 amide bonds. The Bertz CT molecular complexity index is 476. The summed E-state index contributed by atoms with van der Waals surface area (Å²) in [5.41, 5.74) is 1.79. The van der Waals surface area contributed by atoms with Crippen molar-refractivity contribution < 1.29 is 4.79 Å². The topological polar surface area (TPSA) is 29.1 Å². The number of rotatable bonds is 4. The molecule has 2 nitrogen and oxygen atoms in total. The van der Waals surface area contributed by atoms with E-state index in [-0.39, 0.29) is 5.91 Å². The first-order chi connectivity index (χ1) is 9.61. The van der Waals surface area contributed by atoms with E-state index in [1.54, 1.807) is 0 Å². The highest BCUT2D eigenvalue weighted by molar-refractivity contribution is 9.10. The number of aryl methyl sites for hydroxylation is 1. The van der Waals surface area contributed by atoms with Crippen molar-refractivity contribution in [1.29, 1.82) is 0 Å². The fourth-order valence-electron chi connectivity index (χ4n) is 2.96. The Morgan fingerprint density at radius 1 is 1.30 bits per heavy atom. The van der Waals surface area contributed by atoms with E-state index in [9.17, 15) is 4.79 Å². The number of hydrogen-bond acceptors (Lipinski definition) is 1. The predicted octanol–water partition coefficient (Wildman–Crippen LogP) is 4.69. The first-order valence-corrected chi connectivity index (χ1v) is 9.13. The quantitative estimate of drug-likeness (QED) is 0.727. The summed E-state index contributed by atoms with van der Waals surface area (Å²) < 4.78 is 1.01. The number of amides is 1. The zero-order valence-electron chi connectivity index (χ0n) is 11.8. The molecule has 1 aliphatic carbocycles. The average molecular weight is 403 g/mol. The molecule has 0 bridgehead atoms. The van der Waals surface area contributed by atoms with Gasteiger partial charge in [-0.1, -0.05) is 44.7 Å². The molecular weight excluding hydrogens is 382 g/mol. The van der Waals surface area contributed by atoms with Gasteiger partial charge in [0.25, 0.3) is 5.91 Å². The van der Waals surface area contributed by atoms with Crippen LogP contribution in [0.2, 0.25) is 0 Å². The molecule has 2 atom stereocenters. The van der Waals surface area contributed by atoms with Gasteiger partial charge in [0, 0.05) is 21.9 Å². The third-order valence-electron chi connectivity index (χ3n) is 4.22. The van der Waals surface area contributed by atoms with E-state index >= 15 is 0 Å². The van der Waals surface area contributed by atoms with E-state index < -0.39 is 0 Å². The normalized spacial score (nSPS) is 22.6. The SMILES string of the molecule is Cc1cc(Br)ccc1C(=O)NCC1CCCCC1CBr. The zero-order chi connectivity index (χ0) is 14.5. The van der Waals surface area contributed by atoms with E-state index in [1.165, 1.54) is 25.7 Å². The predicted molar refractivity (Wildman–Crippen MR) is 90.5 cm³/mol. The lowest BCUT2D eigenvalue weighted by molar-refractivity contribution is 0.0936. The summed E-state index contributed by atoms with van der Waals surface area (Å²) in [6.07, 6.45) is 5.13. The van der Waals surface area contributed by atoms with Gasteiger partial charge in [-0.05, 0) is 55.4 Å². The highest BCUT2D eigenvalue weighted by Gasteiger charge is 2.24. The molecule has 2 rings (SSSR count). The molecule has 0 spiro atoms. The first kappa shape index (κ1) is 16.0. The number of halogens is 2. The Morgan fingerprint density at radius 3 is 2.65 bits per heavy atom. The molecule has 1 saturated carbocycles. The number of nitrogens with one attached hydrogen (secondary N) is 1.